The zero-order chi connectivity index (χ0) is 15.1. The van der Waals surface area contributed by atoms with E-state index in [9.17, 15) is 0 Å². The summed E-state index contributed by atoms with van der Waals surface area (Å²) in [5.74, 6) is 0. The molecular weight excluding hydrogens is 330 g/mol. The van der Waals surface area contributed by atoms with Crippen molar-refractivity contribution in [3.05, 3.63) is 48.8 Å². The molecule has 0 saturated carbocycles. The van der Waals surface area contributed by atoms with Crippen LogP contribution in [0.15, 0.2) is 48.8 Å². The number of pyridine rings is 1. The van der Waals surface area contributed by atoms with Gasteiger partial charge in [-0.15, -0.1) is 12.4 Å². The summed E-state index contributed by atoms with van der Waals surface area (Å²) < 4.78 is 6.33. The van der Waals surface area contributed by atoms with Crippen LogP contribution in [0, 0.1) is 0 Å². The number of anilines is 1. The van der Waals surface area contributed by atoms with Crippen LogP contribution in [0.4, 0.5) is 5.00 Å². The molecule has 0 saturated heterocycles. The Bertz CT molecular complexity index is 961. The van der Waals surface area contributed by atoms with Gasteiger partial charge in [0.05, 0.1) is 22.5 Å². The molecule has 23 heavy (non-hydrogen) atoms. The van der Waals surface area contributed by atoms with E-state index in [2.05, 4.69) is 20.5 Å². The topological polar surface area (TPSA) is 69.6 Å². The van der Waals surface area contributed by atoms with Crippen LogP contribution in [0.25, 0.3) is 33.4 Å². The van der Waals surface area contributed by atoms with Gasteiger partial charge < -0.3 is 5.73 Å². The van der Waals surface area contributed by atoms with Crippen molar-refractivity contribution in [1.29, 1.82) is 0 Å². The first-order valence-electron chi connectivity index (χ1n) is 6.83. The molecule has 116 valence electrons. The number of nitrogens with two attached hydrogens (primary N) is 1. The van der Waals surface area contributed by atoms with Crippen molar-refractivity contribution in [1.82, 2.24) is 19.1 Å². The molecular formula is C16H14ClN5S. The maximum Gasteiger partial charge on any atom is 0.116 e. The molecule has 0 aliphatic carbocycles. The second-order valence-electron chi connectivity index (χ2n) is 5.06. The van der Waals surface area contributed by atoms with Crippen LogP contribution in [-0.4, -0.2) is 19.1 Å². The van der Waals surface area contributed by atoms with Gasteiger partial charge in [0.2, 0.25) is 0 Å². The Labute approximate surface area is 143 Å². The summed E-state index contributed by atoms with van der Waals surface area (Å²) in [5.41, 5.74) is 10.7. The molecule has 3 aromatic heterocycles. The highest BCUT2D eigenvalue weighted by molar-refractivity contribution is 7.11. The number of aromatic nitrogens is 4. The third-order valence-electron chi connectivity index (χ3n) is 3.53. The Morgan fingerprint density at radius 3 is 2.83 bits per heavy atom. The van der Waals surface area contributed by atoms with E-state index < -0.39 is 0 Å². The maximum atomic E-state index is 6.13. The van der Waals surface area contributed by atoms with E-state index in [1.807, 2.05) is 48.3 Å². The van der Waals surface area contributed by atoms with Gasteiger partial charge in [0, 0.05) is 30.4 Å². The van der Waals surface area contributed by atoms with Crippen LogP contribution in [0.3, 0.4) is 0 Å². The zero-order valence-electron chi connectivity index (χ0n) is 12.3. The number of benzene rings is 1. The second kappa shape index (κ2) is 5.98. The van der Waals surface area contributed by atoms with Crippen LogP contribution in [0.2, 0.25) is 0 Å². The first kappa shape index (κ1) is 15.5. The van der Waals surface area contributed by atoms with Crippen molar-refractivity contribution in [3.63, 3.8) is 0 Å². The van der Waals surface area contributed by atoms with Gasteiger partial charge >= 0.3 is 0 Å². The van der Waals surface area contributed by atoms with Crippen LogP contribution in [0.5, 0.6) is 0 Å². The highest BCUT2D eigenvalue weighted by atomic mass is 35.5. The number of halogens is 1. The Hall–Kier alpha value is -2.44. The van der Waals surface area contributed by atoms with Gasteiger partial charge in [-0.05, 0) is 35.8 Å². The Morgan fingerprint density at radius 1 is 1.17 bits per heavy atom. The monoisotopic (exact) mass is 343 g/mol. The van der Waals surface area contributed by atoms with Crippen LogP contribution in [-0.2, 0) is 7.05 Å². The summed E-state index contributed by atoms with van der Waals surface area (Å²) in [7, 11) is 1.92. The van der Waals surface area contributed by atoms with Crippen molar-refractivity contribution >= 4 is 39.8 Å². The fourth-order valence-corrected chi connectivity index (χ4v) is 3.23. The van der Waals surface area contributed by atoms with Gasteiger partial charge in [0.25, 0.3) is 0 Å². The molecule has 0 spiro atoms. The van der Waals surface area contributed by atoms with Crippen LogP contribution >= 0.6 is 23.9 Å². The summed E-state index contributed by atoms with van der Waals surface area (Å²) >= 11 is 1.30. The quantitative estimate of drug-likeness (QED) is 0.601. The van der Waals surface area contributed by atoms with Crippen molar-refractivity contribution in [2.24, 2.45) is 7.05 Å². The lowest BCUT2D eigenvalue weighted by atomic mass is 10.0. The highest BCUT2D eigenvalue weighted by Crippen LogP contribution is 2.38. The fraction of sp³-hybridized carbons (Fsp3) is 0.0625. The molecule has 0 atom stereocenters. The van der Waals surface area contributed by atoms with E-state index in [1.165, 1.54) is 11.5 Å². The minimum absolute atomic E-state index is 0. The van der Waals surface area contributed by atoms with Gasteiger partial charge in [-0.1, -0.05) is 12.1 Å². The van der Waals surface area contributed by atoms with Gasteiger partial charge in [-0.25, -0.2) is 0 Å². The molecule has 4 rings (SSSR count). The minimum Gasteiger partial charge on any atom is -0.389 e. The predicted octanol–water partition coefficient (Wildman–Crippen LogP) is 3.76. The number of nitrogen functional groups attached to an aromatic ring is 1. The van der Waals surface area contributed by atoms with Crippen molar-refractivity contribution in [2.45, 2.75) is 0 Å². The molecule has 0 aliphatic heterocycles. The zero-order valence-corrected chi connectivity index (χ0v) is 13.9. The van der Waals surface area contributed by atoms with Crippen LogP contribution < -0.4 is 5.73 Å². The van der Waals surface area contributed by atoms with E-state index in [0.29, 0.717) is 5.00 Å². The number of hydrogen-bond acceptors (Lipinski definition) is 5. The predicted molar refractivity (Wildman–Crippen MR) is 96.7 cm³/mol. The van der Waals surface area contributed by atoms with Gasteiger partial charge in [0.1, 0.15) is 5.00 Å². The lowest BCUT2D eigenvalue weighted by Gasteiger charge is -2.03. The van der Waals surface area contributed by atoms with Crippen molar-refractivity contribution < 1.29 is 0 Å². The Balaban J connectivity index is 0.00000156. The number of aryl methyl sites for hydroxylation is 1. The average Bonchev–Trinajstić information content (AvgIpc) is 3.09. The number of hydrogen-bond donors (Lipinski definition) is 1. The lowest BCUT2D eigenvalue weighted by molar-refractivity contribution is 0.780. The summed E-state index contributed by atoms with van der Waals surface area (Å²) in [4.78, 5) is 4.40. The lowest BCUT2D eigenvalue weighted by Crippen LogP contribution is -1.89. The Morgan fingerprint density at radius 2 is 2.04 bits per heavy atom. The molecule has 4 aromatic rings. The third-order valence-corrected chi connectivity index (χ3v) is 4.21. The smallest absolute Gasteiger partial charge is 0.116 e. The van der Waals surface area contributed by atoms with Gasteiger partial charge in [-0.2, -0.15) is 9.47 Å². The number of rotatable bonds is 2. The van der Waals surface area contributed by atoms with Crippen molar-refractivity contribution in [3.8, 4) is 22.5 Å². The van der Waals surface area contributed by atoms with Crippen LogP contribution in [0.1, 0.15) is 0 Å². The molecule has 0 radical (unpaired) electrons. The third kappa shape index (κ3) is 2.67. The highest BCUT2D eigenvalue weighted by Gasteiger charge is 2.16. The number of fused-ring (bicyclic) bond motifs is 1. The molecule has 0 bridgehead atoms. The SMILES string of the molecule is Cl.Cn1cc2cc(-c3nsc(N)c3-c3ccccn3)ccc2n1. The standard InChI is InChI=1S/C16H13N5S.ClH/c1-21-9-11-8-10(5-6-12(11)19-21)15-14(16(17)22-20-15)13-4-2-3-7-18-13;/h2-9H,17H2,1H3;1H. The summed E-state index contributed by atoms with van der Waals surface area (Å²) in [6.45, 7) is 0. The molecule has 3 heterocycles. The molecule has 1 aromatic carbocycles. The normalized spacial score (nSPS) is 10.7. The minimum atomic E-state index is 0. The van der Waals surface area contributed by atoms with Gasteiger partial charge in [-0.3, -0.25) is 9.67 Å². The second-order valence-corrected chi connectivity index (χ2v) is 5.87. The average molecular weight is 344 g/mol. The first-order valence-corrected chi connectivity index (χ1v) is 7.60. The molecule has 5 nitrogen and oxygen atoms in total. The summed E-state index contributed by atoms with van der Waals surface area (Å²) in [6.07, 6.45) is 3.76. The molecule has 0 amide bonds. The van der Waals surface area contributed by atoms with Crippen molar-refractivity contribution in [2.75, 3.05) is 5.73 Å². The van der Waals surface area contributed by atoms with E-state index in [1.54, 1.807) is 6.20 Å². The van der Waals surface area contributed by atoms with E-state index in [0.717, 1.165) is 33.4 Å². The van der Waals surface area contributed by atoms with Gasteiger partial charge in [0.15, 0.2) is 0 Å². The van der Waals surface area contributed by atoms with E-state index in [4.69, 9.17) is 5.73 Å². The fourth-order valence-electron chi connectivity index (χ4n) is 2.55. The largest absolute Gasteiger partial charge is 0.389 e. The molecule has 0 fully saturated rings. The maximum absolute atomic E-state index is 6.13. The summed E-state index contributed by atoms with van der Waals surface area (Å²) in [5, 5.41) is 6.16. The van der Waals surface area contributed by atoms with E-state index in [-0.39, 0.29) is 12.4 Å². The molecule has 2 N–H and O–H groups in total. The Kier molecular flexibility index (Phi) is 4.02. The molecule has 0 aliphatic rings. The van der Waals surface area contributed by atoms with E-state index >= 15 is 0 Å². The first-order chi connectivity index (χ1) is 10.7. The molecule has 7 heteroatoms. The molecule has 0 unspecified atom stereocenters. The summed E-state index contributed by atoms with van der Waals surface area (Å²) in [6, 6.07) is 11.9. The number of nitrogens with zero attached hydrogens (tertiary/aromatic N) is 4.